The van der Waals surface area contributed by atoms with Gasteiger partial charge in [0.25, 0.3) is 0 Å². The number of hydrogen-bond acceptors (Lipinski definition) is 2. The quantitative estimate of drug-likeness (QED) is 0.872. The van der Waals surface area contributed by atoms with E-state index in [1.807, 2.05) is 0 Å². The molecule has 2 aromatic rings. The molecule has 2 rings (SSSR count). The molecule has 0 amide bonds. The highest BCUT2D eigenvalue weighted by Crippen LogP contribution is 2.21. The molecule has 0 aliphatic heterocycles. The van der Waals surface area contributed by atoms with Crippen LogP contribution in [-0.4, -0.2) is 9.55 Å². The lowest BCUT2D eigenvalue weighted by atomic mass is 10.2. The summed E-state index contributed by atoms with van der Waals surface area (Å²) >= 11 is 0. The van der Waals surface area contributed by atoms with Crippen molar-refractivity contribution in [3.63, 3.8) is 0 Å². The Hall–Kier alpha value is -1.75. The number of benzene rings is 1. The third-order valence-electron chi connectivity index (χ3n) is 2.62. The molecule has 0 bridgehead atoms. The second-order valence-electron chi connectivity index (χ2n) is 4.03. The molecule has 2 N–H and O–H groups in total. The van der Waals surface area contributed by atoms with Gasteiger partial charge in [-0.2, -0.15) is 0 Å². The number of hydrogen-bond donors (Lipinski definition) is 1. The van der Waals surface area contributed by atoms with E-state index < -0.39 is 11.6 Å². The molecule has 17 heavy (non-hydrogen) atoms. The Morgan fingerprint density at radius 3 is 2.65 bits per heavy atom. The highest BCUT2D eigenvalue weighted by molar-refractivity contribution is 5.39. The van der Waals surface area contributed by atoms with Crippen molar-refractivity contribution < 1.29 is 8.78 Å². The third-order valence-corrected chi connectivity index (χ3v) is 2.62. The second kappa shape index (κ2) is 4.25. The van der Waals surface area contributed by atoms with Gasteiger partial charge in [-0.15, -0.1) is 0 Å². The lowest BCUT2D eigenvalue weighted by molar-refractivity contribution is 0.582. The Kier molecular flexibility index (Phi) is 2.93. The standard InChI is InChI=1S/C12H13F2N3/c1-7-3-10(14)11(4-9(7)13)17-6-16-5-12(17)8(2)15/h3-6,8H,15H2,1-2H3/t8-/m0/s1. The van der Waals surface area contributed by atoms with Crippen LogP contribution < -0.4 is 5.73 Å². The summed E-state index contributed by atoms with van der Waals surface area (Å²) in [5.41, 5.74) is 6.76. The topological polar surface area (TPSA) is 43.8 Å². The molecule has 1 aromatic heterocycles. The van der Waals surface area contributed by atoms with Gasteiger partial charge in [-0.25, -0.2) is 13.8 Å². The molecule has 0 saturated heterocycles. The largest absolute Gasteiger partial charge is 0.323 e. The van der Waals surface area contributed by atoms with Crippen LogP contribution in [-0.2, 0) is 0 Å². The number of imidazole rings is 1. The Labute approximate surface area is 97.9 Å². The fourth-order valence-corrected chi connectivity index (χ4v) is 1.66. The Balaban J connectivity index is 2.60. The number of aryl methyl sites for hydroxylation is 1. The van der Waals surface area contributed by atoms with Crippen LogP contribution in [0.4, 0.5) is 8.78 Å². The third kappa shape index (κ3) is 2.06. The summed E-state index contributed by atoms with van der Waals surface area (Å²) in [7, 11) is 0. The van der Waals surface area contributed by atoms with Gasteiger partial charge in [0.15, 0.2) is 0 Å². The molecule has 1 atom stereocenters. The fourth-order valence-electron chi connectivity index (χ4n) is 1.66. The van der Waals surface area contributed by atoms with Crippen molar-refractivity contribution >= 4 is 0 Å². The van der Waals surface area contributed by atoms with E-state index in [0.717, 1.165) is 12.1 Å². The Morgan fingerprint density at radius 2 is 2.00 bits per heavy atom. The molecule has 0 spiro atoms. The van der Waals surface area contributed by atoms with Crippen LogP contribution in [0.3, 0.4) is 0 Å². The molecule has 0 unspecified atom stereocenters. The lowest BCUT2D eigenvalue weighted by Gasteiger charge is -2.12. The number of aromatic nitrogens is 2. The first-order valence-corrected chi connectivity index (χ1v) is 5.24. The zero-order chi connectivity index (χ0) is 12.6. The first-order chi connectivity index (χ1) is 8.00. The van der Waals surface area contributed by atoms with E-state index in [9.17, 15) is 8.78 Å². The van der Waals surface area contributed by atoms with E-state index in [4.69, 9.17) is 5.73 Å². The molecule has 0 saturated carbocycles. The number of nitrogens with zero attached hydrogens (tertiary/aromatic N) is 2. The minimum Gasteiger partial charge on any atom is -0.323 e. The minimum atomic E-state index is -0.496. The molecule has 0 aliphatic carbocycles. The van der Waals surface area contributed by atoms with E-state index in [1.165, 1.54) is 17.8 Å². The van der Waals surface area contributed by atoms with Crippen molar-refractivity contribution in [3.8, 4) is 5.69 Å². The average molecular weight is 237 g/mol. The molecular formula is C12H13F2N3. The van der Waals surface area contributed by atoms with Gasteiger partial charge in [-0.05, 0) is 25.5 Å². The van der Waals surface area contributed by atoms with Gasteiger partial charge in [0.05, 0.1) is 23.9 Å². The van der Waals surface area contributed by atoms with Crippen molar-refractivity contribution in [1.29, 1.82) is 0 Å². The van der Waals surface area contributed by atoms with Crippen LogP contribution in [0.15, 0.2) is 24.7 Å². The highest BCUT2D eigenvalue weighted by atomic mass is 19.1. The average Bonchev–Trinajstić information content (AvgIpc) is 2.72. The van der Waals surface area contributed by atoms with Gasteiger partial charge in [0.2, 0.25) is 0 Å². The predicted octanol–water partition coefficient (Wildman–Crippen LogP) is 2.48. The maximum Gasteiger partial charge on any atom is 0.147 e. The van der Waals surface area contributed by atoms with E-state index in [0.29, 0.717) is 5.69 Å². The molecule has 0 radical (unpaired) electrons. The molecule has 0 aliphatic rings. The van der Waals surface area contributed by atoms with Crippen molar-refractivity contribution in [2.45, 2.75) is 19.9 Å². The van der Waals surface area contributed by atoms with Crippen LogP contribution in [0.1, 0.15) is 24.2 Å². The molecule has 1 aromatic carbocycles. The van der Waals surface area contributed by atoms with E-state index >= 15 is 0 Å². The molecule has 0 fully saturated rings. The summed E-state index contributed by atoms with van der Waals surface area (Å²) in [5, 5.41) is 0. The molecule has 1 heterocycles. The smallest absolute Gasteiger partial charge is 0.147 e. The van der Waals surface area contributed by atoms with Gasteiger partial charge in [0, 0.05) is 12.1 Å². The van der Waals surface area contributed by atoms with Crippen LogP contribution >= 0.6 is 0 Å². The summed E-state index contributed by atoms with van der Waals surface area (Å²) in [6.45, 7) is 3.28. The molecule has 90 valence electrons. The molecule has 3 nitrogen and oxygen atoms in total. The van der Waals surface area contributed by atoms with Crippen molar-refractivity contribution in [2.24, 2.45) is 5.73 Å². The first-order valence-electron chi connectivity index (χ1n) is 5.24. The predicted molar refractivity (Wildman–Crippen MR) is 60.8 cm³/mol. The van der Waals surface area contributed by atoms with E-state index in [-0.39, 0.29) is 17.3 Å². The minimum absolute atomic E-state index is 0.123. The lowest BCUT2D eigenvalue weighted by Crippen LogP contribution is -2.11. The molecular weight excluding hydrogens is 224 g/mol. The number of nitrogens with two attached hydrogens (primary N) is 1. The van der Waals surface area contributed by atoms with Crippen molar-refractivity contribution in [3.05, 3.63) is 47.5 Å². The maximum atomic E-state index is 13.8. The first kappa shape index (κ1) is 11.7. The molecule has 5 heteroatoms. The zero-order valence-corrected chi connectivity index (χ0v) is 9.61. The van der Waals surface area contributed by atoms with Gasteiger partial charge in [-0.3, -0.25) is 4.57 Å². The monoisotopic (exact) mass is 237 g/mol. The van der Waals surface area contributed by atoms with Crippen molar-refractivity contribution in [1.82, 2.24) is 9.55 Å². The Morgan fingerprint density at radius 1 is 1.29 bits per heavy atom. The van der Waals surface area contributed by atoms with E-state index in [1.54, 1.807) is 13.1 Å². The fraction of sp³-hybridized carbons (Fsp3) is 0.250. The van der Waals surface area contributed by atoms with Crippen LogP contribution in [0.5, 0.6) is 0 Å². The van der Waals surface area contributed by atoms with Gasteiger partial charge < -0.3 is 5.73 Å². The SMILES string of the molecule is Cc1cc(F)c(-n2cncc2[C@H](C)N)cc1F. The summed E-state index contributed by atoms with van der Waals surface area (Å²) in [5.74, 6) is -0.950. The summed E-state index contributed by atoms with van der Waals surface area (Å²) in [6, 6.07) is 2.01. The van der Waals surface area contributed by atoms with Crippen LogP contribution in [0.25, 0.3) is 5.69 Å². The van der Waals surface area contributed by atoms with Gasteiger partial charge in [0.1, 0.15) is 11.6 Å². The Bertz CT molecular complexity index is 547. The number of rotatable bonds is 2. The normalized spacial score (nSPS) is 12.8. The van der Waals surface area contributed by atoms with Crippen LogP contribution in [0.2, 0.25) is 0 Å². The summed E-state index contributed by atoms with van der Waals surface area (Å²) in [4.78, 5) is 3.91. The highest BCUT2D eigenvalue weighted by Gasteiger charge is 2.14. The van der Waals surface area contributed by atoms with Crippen molar-refractivity contribution in [2.75, 3.05) is 0 Å². The van der Waals surface area contributed by atoms with Gasteiger partial charge >= 0.3 is 0 Å². The van der Waals surface area contributed by atoms with E-state index in [2.05, 4.69) is 4.98 Å². The summed E-state index contributed by atoms with van der Waals surface area (Å²) in [6.07, 6.45) is 2.97. The maximum absolute atomic E-state index is 13.8. The number of halogens is 2. The zero-order valence-electron chi connectivity index (χ0n) is 9.61. The van der Waals surface area contributed by atoms with Gasteiger partial charge in [-0.1, -0.05) is 0 Å². The van der Waals surface area contributed by atoms with Crippen LogP contribution in [0, 0.1) is 18.6 Å². The summed E-state index contributed by atoms with van der Waals surface area (Å²) < 4.78 is 28.7. The second-order valence-corrected chi connectivity index (χ2v) is 4.03.